The van der Waals surface area contributed by atoms with Crippen LogP contribution in [0.2, 0.25) is 0 Å². The molecule has 0 saturated carbocycles. The van der Waals surface area contributed by atoms with Crippen molar-refractivity contribution in [1.29, 1.82) is 5.26 Å². The van der Waals surface area contributed by atoms with Gasteiger partial charge in [0.15, 0.2) is 0 Å². The van der Waals surface area contributed by atoms with E-state index in [1.807, 2.05) is 0 Å². The number of hydrogen-bond acceptors (Lipinski definition) is 1. The van der Waals surface area contributed by atoms with E-state index in [1.54, 1.807) is 36.4 Å². The van der Waals surface area contributed by atoms with Crippen molar-refractivity contribution in [3.8, 4) is 17.3 Å². The van der Waals surface area contributed by atoms with Crippen molar-refractivity contribution in [3.63, 3.8) is 0 Å². The van der Waals surface area contributed by atoms with Crippen LogP contribution in [0.4, 0.5) is 13.2 Å². The number of aromatic nitrogens is 1. The fraction of sp³-hybridized carbons (Fsp3) is 0.0833. The van der Waals surface area contributed by atoms with Gasteiger partial charge in [-0.25, -0.2) is 0 Å². The molecule has 0 saturated heterocycles. The van der Waals surface area contributed by atoms with Crippen LogP contribution in [0.5, 0.6) is 0 Å². The molecule has 0 atom stereocenters. The zero-order chi connectivity index (χ0) is 12.5. The molecule has 5 heteroatoms. The maximum Gasteiger partial charge on any atom is 0.419 e. The summed E-state index contributed by atoms with van der Waals surface area (Å²) in [4.78, 5) is 2.51. The zero-order valence-corrected chi connectivity index (χ0v) is 8.55. The lowest BCUT2D eigenvalue weighted by Gasteiger charge is -2.04. The Kier molecular flexibility index (Phi) is 2.64. The summed E-state index contributed by atoms with van der Waals surface area (Å²) in [6, 6.07) is 10.0. The van der Waals surface area contributed by atoms with E-state index in [0.29, 0.717) is 5.56 Å². The summed E-state index contributed by atoms with van der Waals surface area (Å²) in [7, 11) is 0. The molecule has 0 bridgehead atoms. The van der Waals surface area contributed by atoms with E-state index in [9.17, 15) is 13.2 Å². The smallest absolute Gasteiger partial charge is 0.359 e. The highest BCUT2D eigenvalue weighted by Gasteiger charge is 2.36. The van der Waals surface area contributed by atoms with E-state index in [1.165, 1.54) is 0 Å². The molecule has 2 rings (SSSR count). The Balaban J connectivity index is 2.60. The molecule has 17 heavy (non-hydrogen) atoms. The first-order valence-electron chi connectivity index (χ1n) is 4.78. The fourth-order valence-electron chi connectivity index (χ4n) is 1.60. The van der Waals surface area contributed by atoms with Crippen LogP contribution >= 0.6 is 0 Å². The summed E-state index contributed by atoms with van der Waals surface area (Å²) in [5.41, 5.74) is -0.553. The number of alkyl halides is 3. The van der Waals surface area contributed by atoms with Gasteiger partial charge in [0.05, 0.1) is 16.8 Å². The summed E-state index contributed by atoms with van der Waals surface area (Å²) in [6.07, 6.45) is -3.70. The predicted molar refractivity (Wildman–Crippen MR) is 55.9 cm³/mol. The average molecular weight is 236 g/mol. The molecule has 0 radical (unpaired) electrons. The van der Waals surface area contributed by atoms with Crippen LogP contribution in [-0.2, 0) is 6.18 Å². The lowest BCUT2D eigenvalue weighted by atomic mass is 10.1. The average Bonchev–Trinajstić information content (AvgIpc) is 2.73. The Bertz CT molecular complexity index is 562. The summed E-state index contributed by atoms with van der Waals surface area (Å²) in [5.74, 6) is 0. The highest BCUT2D eigenvalue weighted by Crippen LogP contribution is 2.36. The topological polar surface area (TPSA) is 39.6 Å². The van der Waals surface area contributed by atoms with Crippen LogP contribution in [0, 0.1) is 11.3 Å². The number of H-pyrrole nitrogens is 1. The second kappa shape index (κ2) is 3.98. The number of benzene rings is 1. The van der Waals surface area contributed by atoms with E-state index < -0.39 is 11.7 Å². The van der Waals surface area contributed by atoms with E-state index in [4.69, 9.17) is 5.26 Å². The number of hydrogen-bond donors (Lipinski definition) is 1. The first-order chi connectivity index (χ1) is 8.04. The molecule has 0 unspecified atom stereocenters. The number of aromatic amines is 1. The van der Waals surface area contributed by atoms with Crippen LogP contribution in [0.15, 0.2) is 36.5 Å². The normalized spacial score (nSPS) is 11.2. The largest absolute Gasteiger partial charge is 0.419 e. The van der Waals surface area contributed by atoms with Crippen molar-refractivity contribution in [2.75, 3.05) is 0 Å². The molecule has 0 aliphatic carbocycles. The molecule has 1 aromatic carbocycles. The zero-order valence-electron chi connectivity index (χ0n) is 8.55. The van der Waals surface area contributed by atoms with Crippen LogP contribution in [-0.4, -0.2) is 4.98 Å². The number of halogens is 3. The van der Waals surface area contributed by atoms with Gasteiger partial charge >= 0.3 is 6.18 Å². The van der Waals surface area contributed by atoms with E-state index in [2.05, 4.69) is 4.98 Å². The maximum absolute atomic E-state index is 12.6. The Morgan fingerprint density at radius 3 is 2.29 bits per heavy atom. The molecule has 2 aromatic rings. The number of nitriles is 1. The lowest BCUT2D eigenvalue weighted by molar-refractivity contribution is -0.137. The molecule has 1 aromatic heterocycles. The van der Waals surface area contributed by atoms with Gasteiger partial charge in [0.1, 0.15) is 6.07 Å². The van der Waals surface area contributed by atoms with Gasteiger partial charge in [-0.05, 0) is 5.56 Å². The molecule has 2 nitrogen and oxygen atoms in total. The van der Waals surface area contributed by atoms with Crippen LogP contribution in [0.1, 0.15) is 11.1 Å². The predicted octanol–water partition coefficient (Wildman–Crippen LogP) is 3.57. The molecule has 0 aliphatic rings. The number of rotatable bonds is 1. The third-order valence-corrected chi connectivity index (χ3v) is 2.36. The van der Waals surface area contributed by atoms with Gasteiger partial charge in [-0.3, -0.25) is 0 Å². The highest BCUT2D eigenvalue weighted by molar-refractivity contribution is 5.69. The Hall–Kier alpha value is -2.22. The van der Waals surface area contributed by atoms with Gasteiger partial charge in [0, 0.05) is 6.20 Å². The van der Waals surface area contributed by atoms with Crippen molar-refractivity contribution in [2.24, 2.45) is 0 Å². The lowest BCUT2D eigenvalue weighted by Crippen LogP contribution is -2.05. The van der Waals surface area contributed by atoms with Crippen molar-refractivity contribution in [3.05, 3.63) is 47.7 Å². The standard InChI is InChI=1S/C12H7F3N2/c13-12(14,15)10-7-17-11(9(10)6-16)8-4-2-1-3-5-8/h1-5,7,17H. The van der Waals surface area contributed by atoms with Gasteiger partial charge in [-0.1, -0.05) is 30.3 Å². The maximum atomic E-state index is 12.6. The molecular formula is C12H7F3N2. The van der Waals surface area contributed by atoms with Gasteiger partial charge in [0.25, 0.3) is 0 Å². The van der Waals surface area contributed by atoms with Crippen molar-refractivity contribution >= 4 is 0 Å². The summed E-state index contributed by atoms with van der Waals surface area (Å²) in [6.45, 7) is 0. The number of nitrogens with one attached hydrogen (secondary N) is 1. The van der Waals surface area contributed by atoms with E-state index in [0.717, 1.165) is 6.20 Å². The van der Waals surface area contributed by atoms with Gasteiger partial charge in [0.2, 0.25) is 0 Å². The van der Waals surface area contributed by atoms with Gasteiger partial charge < -0.3 is 4.98 Å². The van der Waals surface area contributed by atoms with Crippen molar-refractivity contribution in [2.45, 2.75) is 6.18 Å². The monoisotopic (exact) mass is 236 g/mol. The quantitative estimate of drug-likeness (QED) is 0.807. The van der Waals surface area contributed by atoms with Crippen molar-refractivity contribution in [1.82, 2.24) is 4.98 Å². The number of nitrogens with zero attached hydrogens (tertiary/aromatic N) is 1. The minimum absolute atomic E-state index is 0.195. The van der Waals surface area contributed by atoms with Crippen LogP contribution in [0.3, 0.4) is 0 Å². The van der Waals surface area contributed by atoms with Gasteiger partial charge in [-0.2, -0.15) is 18.4 Å². The molecule has 0 spiro atoms. The minimum atomic E-state index is -4.52. The summed E-state index contributed by atoms with van der Waals surface area (Å²) >= 11 is 0. The molecule has 0 fully saturated rings. The molecular weight excluding hydrogens is 229 g/mol. The first-order valence-corrected chi connectivity index (χ1v) is 4.78. The second-order valence-electron chi connectivity index (χ2n) is 3.43. The van der Waals surface area contributed by atoms with Crippen LogP contribution < -0.4 is 0 Å². The summed E-state index contributed by atoms with van der Waals surface area (Å²) < 4.78 is 37.8. The molecule has 1 N–H and O–H groups in total. The molecule has 86 valence electrons. The molecule has 1 heterocycles. The second-order valence-corrected chi connectivity index (χ2v) is 3.43. The van der Waals surface area contributed by atoms with Crippen molar-refractivity contribution < 1.29 is 13.2 Å². The van der Waals surface area contributed by atoms with E-state index in [-0.39, 0.29) is 11.3 Å². The first kappa shape index (κ1) is 11.3. The van der Waals surface area contributed by atoms with E-state index >= 15 is 0 Å². The third kappa shape index (κ3) is 2.02. The Morgan fingerprint density at radius 1 is 1.12 bits per heavy atom. The molecule has 0 aliphatic heterocycles. The minimum Gasteiger partial charge on any atom is -0.359 e. The Labute approximate surface area is 95.3 Å². The summed E-state index contributed by atoms with van der Waals surface area (Å²) in [5, 5.41) is 8.84. The van der Waals surface area contributed by atoms with Gasteiger partial charge in [-0.15, -0.1) is 0 Å². The Morgan fingerprint density at radius 2 is 1.76 bits per heavy atom. The highest BCUT2D eigenvalue weighted by atomic mass is 19.4. The third-order valence-electron chi connectivity index (χ3n) is 2.36. The SMILES string of the molecule is N#Cc1c(C(F)(F)F)c[nH]c1-c1ccccc1. The molecule has 0 amide bonds. The fourth-order valence-corrected chi connectivity index (χ4v) is 1.60. The van der Waals surface area contributed by atoms with Crippen LogP contribution in [0.25, 0.3) is 11.3 Å².